The lowest BCUT2D eigenvalue weighted by molar-refractivity contribution is 0.375. The van der Waals surface area contributed by atoms with Crippen LogP contribution in [0.1, 0.15) is 24.5 Å². The van der Waals surface area contributed by atoms with Crippen molar-refractivity contribution in [2.45, 2.75) is 26.9 Å². The van der Waals surface area contributed by atoms with Crippen molar-refractivity contribution in [3.63, 3.8) is 0 Å². The van der Waals surface area contributed by atoms with Crippen LogP contribution in [0.2, 0.25) is 0 Å². The predicted octanol–water partition coefficient (Wildman–Crippen LogP) is 2.37. The second kappa shape index (κ2) is 8.28. The molecule has 0 radical (unpaired) electrons. The fourth-order valence-electron chi connectivity index (χ4n) is 2.52. The first-order valence-electron chi connectivity index (χ1n) is 8.53. The molecule has 2 aromatic heterocycles. The minimum Gasteiger partial charge on any atom is -0.357 e. The summed E-state index contributed by atoms with van der Waals surface area (Å²) in [6, 6.07) is 10.1. The van der Waals surface area contributed by atoms with Crippen molar-refractivity contribution >= 4 is 5.96 Å². The Morgan fingerprint density at radius 2 is 2.12 bits per heavy atom. The van der Waals surface area contributed by atoms with Crippen molar-refractivity contribution in [1.82, 2.24) is 30.3 Å². The van der Waals surface area contributed by atoms with E-state index in [1.54, 1.807) is 6.92 Å². The monoisotopic (exact) mass is 353 g/mol. The van der Waals surface area contributed by atoms with Crippen LogP contribution in [0.4, 0.5) is 0 Å². The van der Waals surface area contributed by atoms with Gasteiger partial charge in [-0.05, 0) is 19.4 Å². The van der Waals surface area contributed by atoms with Gasteiger partial charge in [0.2, 0.25) is 5.89 Å². The summed E-state index contributed by atoms with van der Waals surface area (Å²) in [6.45, 7) is 5.51. The fraction of sp³-hybridized carbons (Fsp3) is 0.333. The highest BCUT2D eigenvalue weighted by atomic mass is 16.5. The summed E-state index contributed by atoms with van der Waals surface area (Å²) in [5.74, 6) is 2.72. The SMILES string of the molecule is CCNC(=NCc1nc(C)no1)N(C)Cc1ncc(-c2ccccc2)[nH]1. The van der Waals surface area contributed by atoms with E-state index < -0.39 is 0 Å². The highest BCUT2D eigenvalue weighted by Gasteiger charge is 2.11. The number of hydrogen-bond donors (Lipinski definition) is 2. The Kier molecular flexibility index (Phi) is 5.62. The molecule has 0 aliphatic heterocycles. The van der Waals surface area contributed by atoms with E-state index in [4.69, 9.17) is 4.52 Å². The van der Waals surface area contributed by atoms with Crippen molar-refractivity contribution in [2.24, 2.45) is 4.99 Å². The number of benzene rings is 1. The summed E-state index contributed by atoms with van der Waals surface area (Å²) in [6.07, 6.45) is 1.85. The number of nitrogens with zero attached hydrogens (tertiary/aromatic N) is 5. The Balaban J connectivity index is 1.68. The molecule has 0 aliphatic rings. The van der Waals surface area contributed by atoms with Gasteiger partial charge in [-0.2, -0.15) is 4.98 Å². The maximum absolute atomic E-state index is 5.11. The van der Waals surface area contributed by atoms with Crippen molar-refractivity contribution in [1.29, 1.82) is 0 Å². The van der Waals surface area contributed by atoms with Crippen LogP contribution in [0.5, 0.6) is 0 Å². The minimum absolute atomic E-state index is 0.334. The second-order valence-electron chi connectivity index (χ2n) is 5.87. The Hall–Kier alpha value is -3.16. The molecule has 0 fully saturated rings. The molecule has 2 N–H and O–H groups in total. The van der Waals surface area contributed by atoms with Gasteiger partial charge in [-0.1, -0.05) is 35.5 Å². The van der Waals surface area contributed by atoms with Crippen molar-refractivity contribution in [2.75, 3.05) is 13.6 Å². The molecule has 0 spiro atoms. The number of aromatic nitrogens is 4. The molecule has 0 aliphatic carbocycles. The van der Waals surface area contributed by atoms with Crippen LogP contribution in [-0.4, -0.2) is 44.6 Å². The number of guanidine groups is 1. The molecule has 136 valence electrons. The smallest absolute Gasteiger partial charge is 0.248 e. The van der Waals surface area contributed by atoms with E-state index in [9.17, 15) is 0 Å². The Morgan fingerprint density at radius 1 is 1.31 bits per heavy atom. The normalized spacial score (nSPS) is 11.6. The van der Waals surface area contributed by atoms with Gasteiger partial charge in [0.25, 0.3) is 0 Å². The van der Waals surface area contributed by atoms with Crippen molar-refractivity contribution in [3.8, 4) is 11.3 Å². The molecule has 8 heteroatoms. The number of imidazole rings is 1. The summed E-state index contributed by atoms with van der Waals surface area (Å²) in [7, 11) is 1.96. The van der Waals surface area contributed by atoms with Gasteiger partial charge >= 0.3 is 0 Å². The molecule has 2 heterocycles. The lowest BCUT2D eigenvalue weighted by Gasteiger charge is -2.20. The minimum atomic E-state index is 0.334. The maximum Gasteiger partial charge on any atom is 0.248 e. The lowest BCUT2D eigenvalue weighted by atomic mass is 10.2. The Morgan fingerprint density at radius 3 is 2.81 bits per heavy atom. The lowest BCUT2D eigenvalue weighted by Crippen LogP contribution is -2.38. The first-order chi connectivity index (χ1) is 12.7. The number of rotatable bonds is 6. The quantitative estimate of drug-likeness (QED) is 0.522. The van der Waals surface area contributed by atoms with Gasteiger partial charge in [0.1, 0.15) is 12.4 Å². The van der Waals surface area contributed by atoms with Gasteiger partial charge < -0.3 is 19.7 Å². The van der Waals surface area contributed by atoms with Gasteiger partial charge in [0.05, 0.1) is 18.4 Å². The molecule has 3 rings (SSSR count). The summed E-state index contributed by atoms with van der Waals surface area (Å²) < 4.78 is 5.11. The van der Waals surface area contributed by atoms with Gasteiger partial charge in [0.15, 0.2) is 11.8 Å². The van der Waals surface area contributed by atoms with Crippen LogP contribution >= 0.6 is 0 Å². The van der Waals surface area contributed by atoms with E-state index in [-0.39, 0.29) is 0 Å². The first-order valence-corrected chi connectivity index (χ1v) is 8.53. The van der Waals surface area contributed by atoms with Crippen LogP contribution in [0.15, 0.2) is 46.0 Å². The molecule has 26 heavy (non-hydrogen) atoms. The number of aryl methyl sites for hydroxylation is 1. The largest absolute Gasteiger partial charge is 0.357 e. The van der Waals surface area contributed by atoms with Gasteiger partial charge in [-0.3, -0.25) is 0 Å². The third kappa shape index (κ3) is 4.47. The standard InChI is InChI=1S/C18H23N7O/c1-4-19-18(21-11-17-22-13(2)24-26-17)25(3)12-16-20-10-15(23-16)14-8-6-5-7-9-14/h5-10H,4,11-12H2,1-3H3,(H,19,21)(H,20,23). The fourth-order valence-corrected chi connectivity index (χ4v) is 2.52. The highest BCUT2D eigenvalue weighted by molar-refractivity contribution is 5.79. The van der Waals surface area contributed by atoms with Crippen LogP contribution in [0.25, 0.3) is 11.3 Å². The number of hydrogen-bond acceptors (Lipinski definition) is 5. The molecular formula is C18H23N7O. The van der Waals surface area contributed by atoms with Crippen molar-refractivity contribution in [3.05, 3.63) is 54.1 Å². The zero-order chi connectivity index (χ0) is 18.4. The average Bonchev–Trinajstić information content (AvgIpc) is 3.28. The van der Waals surface area contributed by atoms with Crippen molar-refractivity contribution < 1.29 is 4.52 Å². The third-order valence-electron chi connectivity index (χ3n) is 3.73. The van der Waals surface area contributed by atoms with E-state index in [1.807, 2.05) is 43.3 Å². The van der Waals surface area contributed by atoms with Crippen LogP contribution in [-0.2, 0) is 13.1 Å². The van der Waals surface area contributed by atoms with Gasteiger partial charge in [0, 0.05) is 13.6 Å². The van der Waals surface area contributed by atoms with E-state index in [0.29, 0.717) is 24.8 Å². The van der Waals surface area contributed by atoms with E-state index in [1.165, 1.54) is 0 Å². The molecule has 1 aromatic carbocycles. The maximum atomic E-state index is 5.11. The zero-order valence-corrected chi connectivity index (χ0v) is 15.2. The van der Waals surface area contributed by atoms with E-state index in [2.05, 4.69) is 42.6 Å². The zero-order valence-electron chi connectivity index (χ0n) is 15.2. The molecule has 0 unspecified atom stereocenters. The first kappa shape index (κ1) is 17.7. The molecule has 0 bridgehead atoms. The second-order valence-corrected chi connectivity index (χ2v) is 5.87. The summed E-state index contributed by atoms with van der Waals surface area (Å²) in [5.41, 5.74) is 2.11. The predicted molar refractivity (Wildman–Crippen MR) is 99.3 cm³/mol. The molecule has 0 saturated heterocycles. The highest BCUT2D eigenvalue weighted by Crippen LogP contribution is 2.16. The summed E-state index contributed by atoms with van der Waals surface area (Å²) in [5, 5.41) is 7.04. The Labute approximate surface area is 152 Å². The number of aliphatic imine (C=N–C) groups is 1. The molecule has 0 saturated carbocycles. The molecular weight excluding hydrogens is 330 g/mol. The number of H-pyrrole nitrogens is 1. The molecule has 0 amide bonds. The molecule has 8 nitrogen and oxygen atoms in total. The topological polar surface area (TPSA) is 95.2 Å². The molecule has 0 atom stereocenters. The van der Waals surface area contributed by atoms with Gasteiger partial charge in [-0.15, -0.1) is 0 Å². The van der Waals surface area contributed by atoms with Crippen LogP contribution < -0.4 is 5.32 Å². The van der Waals surface area contributed by atoms with E-state index >= 15 is 0 Å². The molecule has 3 aromatic rings. The van der Waals surface area contributed by atoms with E-state index in [0.717, 1.165) is 29.6 Å². The summed E-state index contributed by atoms with van der Waals surface area (Å²) >= 11 is 0. The third-order valence-corrected chi connectivity index (χ3v) is 3.73. The van der Waals surface area contributed by atoms with Crippen LogP contribution in [0, 0.1) is 6.92 Å². The van der Waals surface area contributed by atoms with Gasteiger partial charge in [-0.25, -0.2) is 9.98 Å². The van der Waals surface area contributed by atoms with Crippen LogP contribution in [0.3, 0.4) is 0 Å². The number of aromatic amines is 1. The average molecular weight is 353 g/mol. The number of nitrogens with one attached hydrogen (secondary N) is 2. The summed E-state index contributed by atoms with van der Waals surface area (Å²) in [4.78, 5) is 18.6. The Bertz CT molecular complexity index is 853.